The molecule has 0 bridgehead atoms. The molecule has 0 unspecified atom stereocenters. The fourth-order valence-electron chi connectivity index (χ4n) is 3.45. The highest BCUT2D eigenvalue weighted by molar-refractivity contribution is 6.32. The molecule has 0 aliphatic carbocycles. The molecule has 1 N–H and O–H groups in total. The lowest BCUT2D eigenvalue weighted by Gasteiger charge is -2.23. The maximum atomic E-state index is 12.9. The number of rotatable bonds is 5. The first-order valence-electron chi connectivity index (χ1n) is 9.72. The number of nitrogens with zero attached hydrogens (tertiary/aromatic N) is 2. The second kappa shape index (κ2) is 9.33. The molecule has 156 valence electrons. The number of halogens is 2. The molecule has 3 aromatic carbocycles. The summed E-state index contributed by atoms with van der Waals surface area (Å²) in [4.78, 5) is 31.5. The fourth-order valence-corrected chi connectivity index (χ4v) is 3.83. The summed E-state index contributed by atoms with van der Waals surface area (Å²) in [6.45, 7) is 0.143. The van der Waals surface area contributed by atoms with Crippen LogP contribution in [0.5, 0.6) is 0 Å². The minimum Gasteiger partial charge on any atom is -0.350 e. The third kappa shape index (κ3) is 4.95. The molecule has 1 aliphatic heterocycles. The number of hydrogen-bond donors (Lipinski definition) is 1. The lowest BCUT2D eigenvalue weighted by atomic mass is 10.00. The average Bonchev–Trinajstić information content (AvgIpc) is 2.89. The zero-order chi connectivity index (χ0) is 21.8. The number of nitrogens with one attached hydrogen (secondary N) is 1. The van der Waals surface area contributed by atoms with E-state index in [1.54, 1.807) is 30.3 Å². The summed E-state index contributed by atoms with van der Waals surface area (Å²) in [6.07, 6.45) is 0. The summed E-state index contributed by atoms with van der Waals surface area (Å²) < 4.78 is 0. The Morgan fingerprint density at radius 3 is 2.52 bits per heavy atom. The van der Waals surface area contributed by atoms with E-state index in [9.17, 15) is 9.59 Å². The van der Waals surface area contributed by atoms with Gasteiger partial charge in [-0.3, -0.25) is 14.6 Å². The topological polar surface area (TPSA) is 61.8 Å². The van der Waals surface area contributed by atoms with Gasteiger partial charge in [0.1, 0.15) is 13.1 Å². The molecule has 0 radical (unpaired) electrons. The van der Waals surface area contributed by atoms with Crippen LogP contribution in [0.2, 0.25) is 10.0 Å². The van der Waals surface area contributed by atoms with Crippen LogP contribution in [-0.2, 0) is 16.1 Å². The Morgan fingerprint density at radius 1 is 0.968 bits per heavy atom. The third-order valence-electron chi connectivity index (χ3n) is 4.91. The monoisotopic (exact) mass is 451 g/mol. The fraction of sp³-hybridized carbons (Fsp3) is 0.125. The van der Waals surface area contributed by atoms with E-state index in [1.807, 2.05) is 42.5 Å². The number of benzodiazepines with no additional fused rings is 1. The molecular formula is C24H19Cl2N3O2. The molecular weight excluding hydrogens is 433 g/mol. The van der Waals surface area contributed by atoms with Gasteiger partial charge in [0.2, 0.25) is 11.8 Å². The number of carbonyl (C=O) groups excluding carboxylic acids is 2. The second-order valence-electron chi connectivity index (χ2n) is 7.08. The van der Waals surface area contributed by atoms with Crippen molar-refractivity contribution in [1.82, 2.24) is 5.32 Å². The van der Waals surface area contributed by atoms with Gasteiger partial charge in [0, 0.05) is 27.7 Å². The predicted molar refractivity (Wildman–Crippen MR) is 124 cm³/mol. The SMILES string of the molecule is O=C(CN1C(=O)CN=C(c2ccccc2)c2cc(Cl)ccc21)NCc1cccc(Cl)c1. The number of fused-ring (bicyclic) bond motifs is 1. The van der Waals surface area contributed by atoms with Gasteiger partial charge in [0.05, 0.1) is 11.4 Å². The molecule has 0 atom stereocenters. The molecule has 3 aromatic rings. The first kappa shape index (κ1) is 21.1. The summed E-state index contributed by atoms with van der Waals surface area (Å²) >= 11 is 12.3. The zero-order valence-corrected chi connectivity index (χ0v) is 18.0. The van der Waals surface area contributed by atoms with Crippen molar-refractivity contribution in [2.24, 2.45) is 4.99 Å². The lowest BCUT2D eigenvalue weighted by Crippen LogP contribution is -2.41. The second-order valence-corrected chi connectivity index (χ2v) is 7.95. The Hall–Kier alpha value is -3.15. The van der Waals surface area contributed by atoms with Crippen molar-refractivity contribution >= 4 is 46.4 Å². The molecule has 7 heteroatoms. The molecule has 0 saturated carbocycles. The van der Waals surface area contributed by atoms with Gasteiger partial charge in [-0.1, -0.05) is 65.7 Å². The van der Waals surface area contributed by atoms with Crippen LogP contribution >= 0.6 is 23.2 Å². The third-order valence-corrected chi connectivity index (χ3v) is 5.38. The number of amides is 2. The van der Waals surface area contributed by atoms with Crippen LogP contribution in [0.15, 0.2) is 77.8 Å². The Kier molecular flexibility index (Phi) is 6.35. The van der Waals surface area contributed by atoms with Crippen LogP contribution in [-0.4, -0.2) is 30.6 Å². The van der Waals surface area contributed by atoms with Gasteiger partial charge in [0.15, 0.2) is 0 Å². The minimum atomic E-state index is -0.280. The molecule has 1 aliphatic rings. The van der Waals surface area contributed by atoms with E-state index < -0.39 is 0 Å². The Bertz CT molecular complexity index is 1160. The Labute approximate surface area is 190 Å². The van der Waals surface area contributed by atoms with Gasteiger partial charge in [-0.2, -0.15) is 0 Å². The number of aliphatic imine (C=N–C) groups is 1. The van der Waals surface area contributed by atoms with Gasteiger partial charge < -0.3 is 10.2 Å². The minimum absolute atomic E-state index is 0.0574. The molecule has 0 saturated heterocycles. The predicted octanol–water partition coefficient (Wildman–Crippen LogP) is 4.49. The van der Waals surface area contributed by atoms with E-state index in [0.717, 1.165) is 11.1 Å². The van der Waals surface area contributed by atoms with Crippen molar-refractivity contribution in [1.29, 1.82) is 0 Å². The molecule has 31 heavy (non-hydrogen) atoms. The highest BCUT2D eigenvalue weighted by Gasteiger charge is 2.27. The zero-order valence-electron chi connectivity index (χ0n) is 16.5. The highest BCUT2D eigenvalue weighted by Crippen LogP contribution is 2.29. The summed E-state index contributed by atoms with van der Waals surface area (Å²) in [5, 5.41) is 3.98. The van der Waals surface area contributed by atoms with E-state index in [-0.39, 0.29) is 24.9 Å². The molecule has 0 aromatic heterocycles. The maximum Gasteiger partial charge on any atom is 0.249 e. The number of hydrogen-bond acceptors (Lipinski definition) is 3. The largest absolute Gasteiger partial charge is 0.350 e. The Morgan fingerprint density at radius 2 is 1.74 bits per heavy atom. The van der Waals surface area contributed by atoms with E-state index in [0.29, 0.717) is 33.6 Å². The standard InChI is InChI=1S/C24H19Cl2N3O2/c25-18-8-4-5-16(11-18)13-27-22(30)15-29-21-10-9-19(26)12-20(21)24(28-14-23(29)31)17-6-2-1-3-7-17/h1-12H,13-15H2,(H,27,30). The summed E-state index contributed by atoms with van der Waals surface area (Å²) in [5.41, 5.74) is 3.75. The van der Waals surface area contributed by atoms with Crippen LogP contribution in [0.4, 0.5) is 5.69 Å². The number of carbonyl (C=O) groups is 2. The highest BCUT2D eigenvalue weighted by atomic mass is 35.5. The van der Waals surface area contributed by atoms with Gasteiger partial charge in [-0.15, -0.1) is 0 Å². The van der Waals surface area contributed by atoms with Crippen LogP contribution in [0, 0.1) is 0 Å². The smallest absolute Gasteiger partial charge is 0.249 e. The summed E-state index contributed by atoms with van der Waals surface area (Å²) in [7, 11) is 0. The van der Waals surface area contributed by atoms with Gasteiger partial charge in [0.25, 0.3) is 0 Å². The normalized spacial score (nSPS) is 13.3. The van der Waals surface area contributed by atoms with Crippen molar-refractivity contribution in [2.75, 3.05) is 18.0 Å². The van der Waals surface area contributed by atoms with Crippen LogP contribution in [0.1, 0.15) is 16.7 Å². The van der Waals surface area contributed by atoms with Crippen LogP contribution < -0.4 is 10.2 Å². The van der Waals surface area contributed by atoms with E-state index in [4.69, 9.17) is 23.2 Å². The maximum absolute atomic E-state index is 12.9. The summed E-state index contributed by atoms with van der Waals surface area (Å²) in [6, 6.07) is 22.1. The van der Waals surface area contributed by atoms with Crippen LogP contribution in [0.3, 0.4) is 0 Å². The lowest BCUT2D eigenvalue weighted by molar-refractivity contribution is -0.123. The van der Waals surface area contributed by atoms with Crippen LogP contribution in [0.25, 0.3) is 0 Å². The number of anilines is 1. The molecule has 1 heterocycles. The van der Waals surface area contributed by atoms with Crippen molar-refractivity contribution in [2.45, 2.75) is 6.54 Å². The van der Waals surface area contributed by atoms with Crippen molar-refractivity contribution in [3.8, 4) is 0 Å². The molecule has 5 nitrogen and oxygen atoms in total. The molecule has 0 fully saturated rings. The van der Waals surface area contributed by atoms with Crippen molar-refractivity contribution in [3.05, 3.63) is 99.5 Å². The van der Waals surface area contributed by atoms with E-state index >= 15 is 0 Å². The van der Waals surface area contributed by atoms with Gasteiger partial charge in [-0.05, 0) is 35.9 Å². The van der Waals surface area contributed by atoms with E-state index in [1.165, 1.54) is 4.90 Å². The molecule has 0 spiro atoms. The quantitative estimate of drug-likeness (QED) is 0.620. The van der Waals surface area contributed by atoms with Crippen molar-refractivity contribution in [3.63, 3.8) is 0 Å². The summed E-state index contributed by atoms with van der Waals surface area (Å²) in [5.74, 6) is -0.537. The first-order chi connectivity index (χ1) is 15.0. The Balaban J connectivity index is 1.59. The molecule has 4 rings (SSSR count). The van der Waals surface area contributed by atoms with Crippen molar-refractivity contribution < 1.29 is 9.59 Å². The van der Waals surface area contributed by atoms with Gasteiger partial charge >= 0.3 is 0 Å². The average molecular weight is 452 g/mol. The van der Waals surface area contributed by atoms with E-state index in [2.05, 4.69) is 10.3 Å². The first-order valence-corrected chi connectivity index (χ1v) is 10.5. The molecule has 2 amide bonds. The van der Waals surface area contributed by atoms with Gasteiger partial charge in [-0.25, -0.2) is 0 Å². The number of benzene rings is 3.